The van der Waals surface area contributed by atoms with Gasteiger partial charge in [0.25, 0.3) is 5.91 Å². The molecular formula is C28H32Cl3N7O. The van der Waals surface area contributed by atoms with Crippen LogP contribution in [0.25, 0.3) is 10.8 Å². The quantitative estimate of drug-likeness (QED) is 0.327. The average molecular weight is 589 g/mol. The summed E-state index contributed by atoms with van der Waals surface area (Å²) in [7, 11) is 0. The van der Waals surface area contributed by atoms with Crippen LogP contribution in [0.5, 0.6) is 0 Å². The van der Waals surface area contributed by atoms with E-state index in [1.165, 1.54) is 0 Å². The third-order valence-electron chi connectivity index (χ3n) is 6.64. The number of halogens is 3. The van der Waals surface area contributed by atoms with Crippen molar-refractivity contribution in [2.45, 2.75) is 20.0 Å². The molecule has 0 unspecified atom stereocenters. The van der Waals surface area contributed by atoms with Crippen LogP contribution >= 0.6 is 37.2 Å². The molecule has 1 saturated heterocycles. The number of nitrogens with zero attached hydrogens (tertiary/aromatic N) is 6. The van der Waals surface area contributed by atoms with E-state index in [-0.39, 0.29) is 43.1 Å². The van der Waals surface area contributed by atoms with E-state index < -0.39 is 0 Å². The molecule has 1 aliphatic rings. The van der Waals surface area contributed by atoms with Crippen LogP contribution in [0, 0.1) is 11.3 Å². The van der Waals surface area contributed by atoms with Crippen molar-refractivity contribution in [1.82, 2.24) is 24.3 Å². The molecule has 4 aromatic rings. The maximum atomic E-state index is 13.6. The van der Waals surface area contributed by atoms with Gasteiger partial charge in [0.05, 0.1) is 29.2 Å². The largest absolute Gasteiger partial charge is 0.370 e. The van der Waals surface area contributed by atoms with E-state index in [1.807, 2.05) is 79.1 Å². The molecule has 0 saturated carbocycles. The van der Waals surface area contributed by atoms with Crippen LogP contribution in [0.4, 0.5) is 5.82 Å². The minimum absolute atomic E-state index is 0. The van der Waals surface area contributed by atoms with Gasteiger partial charge < -0.3 is 14.8 Å². The van der Waals surface area contributed by atoms with Gasteiger partial charge in [0.15, 0.2) is 0 Å². The number of hydrogen-bond donors (Lipinski definition) is 1. The van der Waals surface area contributed by atoms with Crippen molar-refractivity contribution in [3.8, 4) is 6.07 Å². The summed E-state index contributed by atoms with van der Waals surface area (Å²) < 4.78 is 2.14. The van der Waals surface area contributed by atoms with Gasteiger partial charge in [-0.05, 0) is 30.0 Å². The Bertz CT molecular complexity index is 1410. The third-order valence-corrected chi connectivity index (χ3v) is 6.64. The van der Waals surface area contributed by atoms with E-state index in [9.17, 15) is 4.79 Å². The normalized spacial score (nSPS) is 13.0. The Labute approximate surface area is 247 Å². The molecule has 1 amide bonds. The maximum absolute atomic E-state index is 13.6. The Morgan fingerprint density at radius 3 is 2.38 bits per heavy atom. The van der Waals surface area contributed by atoms with Crippen LogP contribution in [-0.4, -0.2) is 63.0 Å². The highest BCUT2D eigenvalue weighted by Gasteiger charge is 2.26. The highest BCUT2D eigenvalue weighted by molar-refractivity contribution is 6.10. The summed E-state index contributed by atoms with van der Waals surface area (Å²) in [5.41, 5.74) is 3.58. The molecule has 1 N–H and O–H groups in total. The number of amides is 1. The molecule has 1 fully saturated rings. The smallest absolute Gasteiger partial charge is 0.258 e. The molecule has 2 aromatic carbocycles. The molecule has 0 atom stereocenters. The molecule has 39 heavy (non-hydrogen) atoms. The molecule has 0 aliphatic carbocycles. The van der Waals surface area contributed by atoms with Gasteiger partial charge in [0.1, 0.15) is 5.82 Å². The van der Waals surface area contributed by atoms with Crippen molar-refractivity contribution in [2.24, 2.45) is 0 Å². The lowest BCUT2D eigenvalue weighted by Gasteiger charge is -2.35. The van der Waals surface area contributed by atoms with E-state index in [1.54, 1.807) is 0 Å². The number of hydrogen-bond acceptors (Lipinski definition) is 6. The van der Waals surface area contributed by atoms with Crippen molar-refractivity contribution in [2.75, 3.05) is 38.0 Å². The molecule has 3 heterocycles. The van der Waals surface area contributed by atoms with Gasteiger partial charge in [-0.15, -0.1) is 37.2 Å². The fourth-order valence-electron chi connectivity index (χ4n) is 4.68. The first kappa shape index (κ1) is 31.9. The summed E-state index contributed by atoms with van der Waals surface area (Å²) >= 11 is 0. The molecule has 0 spiro atoms. The summed E-state index contributed by atoms with van der Waals surface area (Å²) in [6.45, 7) is 7.11. The number of fused-ring (bicyclic) bond motifs is 1. The Balaban J connectivity index is 0.00000178. The monoisotopic (exact) mass is 587 g/mol. The van der Waals surface area contributed by atoms with E-state index in [0.29, 0.717) is 43.1 Å². The molecule has 5 rings (SSSR count). The number of rotatable bonds is 7. The Morgan fingerprint density at radius 2 is 1.69 bits per heavy atom. The van der Waals surface area contributed by atoms with Gasteiger partial charge in [0, 0.05) is 63.6 Å². The lowest BCUT2D eigenvalue weighted by Crippen LogP contribution is -2.48. The zero-order valence-electron chi connectivity index (χ0n) is 21.6. The zero-order chi connectivity index (χ0) is 24.9. The van der Waals surface area contributed by atoms with Gasteiger partial charge in [-0.3, -0.25) is 9.69 Å². The summed E-state index contributed by atoms with van der Waals surface area (Å²) in [5.74, 6) is 0.677. The Hall–Kier alpha value is -3.35. The van der Waals surface area contributed by atoms with Crippen molar-refractivity contribution in [1.29, 1.82) is 5.26 Å². The number of aromatic nitrogens is 3. The molecule has 11 heteroatoms. The maximum Gasteiger partial charge on any atom is 0.258 e. The first-order valence-electron chi connectivity index (χ1n) is 12.3. The van der Waals surface area contributed by atoms with Crippen molar-refractivity contribution in [3.05, 3.63) is 89.6 Å². The number of benzene rings is 2. The Kier molecular flexibility index (Phi) is 12.0. The molecule has 2 aromatic heterocycles. The van der Waals surface area contributed by atoms with Gasteiger partial charge in [-0.2, -0.15) is 5.26 Å². The van der Waals surface area contributed by atoms with Crippen LogP contribution in [0.3, 0.4) is 0 Å². The molecule has 0 radical (unpaired) electrons. The molecule has 8 nitrogen and oxygen atoms in total. The number of imidazole rings is 1. The number of carbonyl (C=O) groups excluding carboxylic acids is 1. The topological polar surface area (TPSA) is 90.1 Å². The fraction of sp³-hybridized carbons (Fsp3) is 0.286. The van der Waals surface area contributed by atoms with Gasteiger partial charge in [-0.25, -0.2) is 9.97 Å². The van der Waals surface area contributed by atoms with Gasteiger partial charge in [0.2, 0.25) is 0 Å². The first-order valence-corrected chi connectivity index (χ1v) is 12.3. The number of piperazine rings is 1. The summed E-state index contributed by atoms with van der Waals surface area (Å²) in [5, 5.41) is 14.2. The van der Waals surface area contributed by atoms with Gasteiger partial charge in [-0.1, -0.05) is 36.4 Å². The number of nitriles is 1. The Morgan fingerprint density at radius 1 is 0.974 bits per heavy atom. The third kappa shape index (κ3) is 7.20. The molecule has 0 bridgehead atoms. The fourth-order valence-corrected chi connectivity index (χ4v) is 4.68. The second kappa shape index (κ2) is 14.7. The zero-order valence-corrected chi connectivity index (χ0v) is 24.1. The summed E-state index contributed by atoms with van der Waals surface area (Å²) in [4.78, 5) is 26.8. The predicted molar refractivity (Wildman–Crippen MR) is 161 cm³/mol. The van der Waals surface area contributed by atoms with Gasteiger partial charge >= 0.3 is 0 Å². The molecule has 206 valence electrons. The van der Waals surface area contributed by atoms with Crippen molar-refractivity contribution < 1.29 is 4.79 Å². The van der Waals surface area contributed by atoms with E-state index in [4.69, 9.17) is 5.26 Å². The van der Waals surface area contributed by atoms with Crippen LogP contribution in [-0.2, 0) is 13.1 Å². The van der Waals surface area contributed by atoms with Crippen LogP contribution in [0.15, 0.2) is 67.3 Å². The molecular weight excluding hydrogens is 557 g/mol. The minimum atomic E-state index is 0. The van der Waals surface area contributed by atoms with Crippen molar-refractivity contribution in [3.63, 3.8) is 0 Å². The second-order valence-corrected chi connectivity index (χ2v) is 8.99. The standard InChI is InChI=1S/C28H29N7O.3ClH/c1-2-31-27-26(25-6-4-3-5-23(25)16-32-27)28(36)34-13-11-33(12-14-34)19-24-17-30-20-35(24)18-22-9-7-21(15-29)8-10-22;;;/h3-10,16-17,20H,2,11-14,18-19H2,1H3,(H,31,32);3*1H. The SMILES string of the molecule is CCNc1ncc2ccccc2c1C(=O)N1CCN(Cc2cncn2Cc2ccc(C#N)cc2)CC1.Cl.Cl.Cl. The number of anilines is 1. The van der Waals surface area contributed by atoms with Crippen molar-refractivity contribution >= 4 is 59.7 Å². The molecule has 1 aliphatic heterocycles. The lowest BCUT2D eigenvalue weighted by atomic mass is 10.0. The first-order chi connectivity index (χ1) is 17.7. The second-order valence-electron chi connectivity index (χ2n) is 8.99. The lowest BCUT2D eigenvalue weighted by molar-refractivity contribution is 0.0628. The van der Waals surface area contributed by atoms with E-state index >= 15 is 0 Å². The number of nitrogens with one attached hydrogen (secondary N) is 1. The number of pyridine rings is 1. The summed E-state index contributed by atoms with van der Waals surface area (Å²) in [6, 6.07) is 17.7. The average Bonchev–Trinajstić information content (AvgIpc) is 3.35. The van der Waals surface area contributed by atoms with Crippen LogP contribution in [0.2, 0.25) is 0 Å². The van der Waals surface area contributed by atoms with E-state index in [0.717, 1.165) is 41.7 Å². The number of carbonyl (C=O) groups is 1. The highest BCUT2D eigenvalue weighted by Crippen LogP contribution is 2.26. The van der Waals surface area contributed by atoms with E-state index in [2.05, 4.69) is 30.8 Å². The summed E-state index contributed by atoms with van der Waals surface area (Å²) in [6.07, 6.45) is 5.58. The minimum Gasteiger partial charge on any atom is -0.370 e. The van der Waals surface area contributed by atoms with Crippen LogP contribution in [0.1, 0.15) is 34.1 Å². The predicted octanol–water partition coefficient (Wildman–Crippen LogP) is 5.01. The van der Waals surface area contributed by atoms with Crippen LogP contribution < -0.4 is 5.32 Å². The highest BCUT2D eigenvalue weighted by atomic mass is 35.5.